The third-order valence-corrected chi connectivity index (χ3v) is 6.32. The lowest BCUT2D eigenvalue weighted by molar-refractivity contribution is -0.154. The first kappa shape index (κ1) is 22.3. The first-order valence-corrected chi connectivity index (χ1v) is 11.4. The maximum Gasteiger partial charge on any atom is 0.309 e. The average molecular weight is 403 g/mol. The highest BCUT2D eigenvalue weighted by Crippen LogP contribution is 2.33. The monoisotopic (exact) mass is 402 g/mol. The zero-order valence-corrected chi connectivity index (χ0v) is 18.3. The maximum absolute atomic E-state index is 12.6. The molecule has 0 aromatic rings. The number of hydrogen-bond acceptors (Lipinski definition) is 4. The molecule has 0 amide bonds. The van der Waals surface area contributed by atoms with Crippen molar-refractivity contribution in [3.8, 4) is 0 Å². The van der Waals surface area contributed by atoms with Gasteiger partial charge in [0.2, 0.25) is 0 Å². The van der Waals surface area contributed by atoms with Crippen LogP contribution in [0.2, 0.25) is 0 Å². The van der Waals surface area contributed by atoms with Crippen LogP contribution in [0.3, 0.4) is 0 Å². The Morgan fingerprint density at radius 1 is 0.966 bits per heavy atom. The maximum atomic E-state index is 12.6. The van der Waals surface area contributed by atoms with E-state index >= 15 is 0 Å². The molecule has 29 heavy (non-hydrogen) atoms. The van der Waals surface area contributed by atoms with Crippen LogP contribution in [0.5, 0.6) is 0 Å². The van der Waals surface area contributed by atoms with Crippen LogP contribution in [-0.2, 0) is 19.0 Å². The molecule has 0 aromatic heterocycles. The van der Waals surface area contributed by atoms with E-state index in [0.717, 1.165) is 38.5 Å². The van der Waals surface area contributed by atoms with Crippen molar-refractivity contribution in [1.29, 1.82) is 0 Å². The minimum Gasteiger partial charge on any atom is -0.457 e. The van der Waals surface area contributed by atoms with Crippen molar-refractivity contribution >= 4 is 5.97 Å². The number of esters is 1. The summed E-state index contributed by atoms with van der Waals surface area (Å²) in [5.74, 6) is 0.368. The lowest BCUT2D eigenvalue weighted by Gasteiger charge is -2.37. The summed E-state index contributed by atoms with van der Waals surface area (Å²) in [5, 5.41) is 0. The van der Waals surface area contributed by atoms with Crippen molar-refractivity contribution in [1.82, 2.24) is 0 Å². The highest BCUT2D eigenvalue weighted by Gasteiger charge is 2.32. The van der Waals surface area contributed by atoms with E-state index in [9.17, 15) is 4.79 Å². The highest BCUT2D eigenvalue weighted by atomic mass is 16.5. The van der Waals surface area contributed by atoms with Crippen LogP contribution in [0, 0.1) is 11.8 Å². The number of hydrogen-bond donors (Lipinski definition) is 0. The van der Waals surface area contributed by atoms with Gasteiger partial charge in [0, 0.05) is 12.3 Å². The van der Waals surface area contributed by atoms with Crippen LogP contribution in [0.25, 0.3) is 0 Å². The van der Waals surface area contributed by atoms with Gasteiger partial charge in [-0.3, -0.25) is 4.79 Å². The molecule has 3 aliphatic rings. The minimum absolute atomic E-state index is 0.0910. The van der Waals surface area contributed by atoms with Crippen LogP contribution >= 0.6 is 0 Å². The van der Waals surface area contributed by atoms with Crippen LogP contribution < -0.4 is 0 Å². The Labute approximate surface area is 176 Å². The van der Waals surface area contributed by atoms with Crippen molar-refractivity contribution in [2.24, 2.45) is 11.8 Å². The molecule has 2 saturated heterocycles. The fraction of sp³-hybridized carbons (Fsp3) is 0.720. The molecule has 3 unspecified atom stereocenters. The molecular weight excluding hydrogens is 364 g/mol. The normalized spacial score (nSPS) is 40.0. The van der Waals surface area contributed by atoms with Crippen LogP contribution in [-0.4, -0.2) is 36.5 Å². The second-order valence-electron chi connectivity index (χ2n) is 9.23. The molecule has 3 rings (SSSR count). The first-order valence-electron chi connectivity index (χ1n) is 11.4. The van der Waals surface area contributed by atoms with Crippen molar-refractivity contribution in [2.75, 3.05) is 0 Å². The SMILES string of the molecule is C=C1CC2CC(=O)OC(C=CC)[C@@H](C)C=C[C@H](C)C[C@H]3CCCC(C[C@@H](C1)O2)O3. The summed E-state index contributed by atoms with van der Waals surface area (Å²) >= 11 is 0. The molecule has 7 atom stereocenters. The third kappa shape index (κ3) is 6.82. The molecule has 4 heteroatoms. The van der Waals surface area contributed by atoms with Gasteiger partial charge in [-0.05, 0) is 57.4 Å². The molecule has 0 aliphatic carbocycles. The van der Waals surface area contributed by atoms with E-state index in [4.69, 9.17) is 14.2 Å². The second-order valence-corrected chi connectivity index (χ2v) is 9.23. The molecule has 4 nitrogen and oxygen atoms in total. The van der Waals surface area contributed by atoms with E-state index in [-0.39, 0.29) is 42.7 Å². The standard InChI is InChI=1S/C25H38O4/c1-5-7-24-19(4)11-10-17(2)12-20-8-6-9-21(27-20)15-22-13-18(3)14-23(28-22)16-25(26)29-24/h5,7,10-11,17,19-24H,3,6,8-9,12-16H2,1-2,4H3/t17-,19-,20+,21?,22+,23?,24?/m0/s1. The topological polar surface area (TPSA) is 44.8 Å². The van der Waals surface area contributed by atoms with E-state index in [0.29, 0.717) is 12.0 Å². The van der Waals surface area contributed by atoms with Gasteiger partial charge in [0.1, 0.15) is 6.10 Å². The number of rotatable bonds is 1. The molecule has 0 saturated carbocycles. The Bertz CT molecular complexity index is 622. The van der Waals surface area contributed by atoms with E-state index in [1.165, 1.54) is 12.0 Å². The number of ether oxygens (including phenoxy) is 3. The molecule has 0 N–H and O–H groups in total. The van der Waals surface area contributed by atoms with Gasteiger partial charge in [-0.1, -0.05) is 44.2 Å². The molecule has 2 fully saturated rings. The summed E-state index contributed by atoms with van der Waals surface area (Å²) < 4.78 is 18.6. The van der Waals surface area contributed by atoms with Crippen LogP contribution in [0.1, 0.15) is 72.1 Å². The molecule has 0 spiro atoms. The van der Waals surface area contributed by atoms with Crippen molar-refractivity contribution in [3.05, 3.63) is 36.5 Å². The van der Waals surface area contributed by atoms with Gasteiger partial charge in [-0.25, -0.2) is 0 Å². The largest absolute Gasteiger partial charge is 0.457 e. The Kier molecular flexibility index (Phi) is 8.14. The molecule has 162 valence electrons. The predicted octanol–water partition coefficient (Wildman–Crippen LogP) is 5.53. The van der Waals surface area contributed by atoms with Gasteiger partial charge in [0.15, 0.2) is 0 Å². The zero-order chi connectivity index (χ0) is 20.8. The Morgan fingerprint density at radius 2 is 1.66 bits per heavy atom. The quantitative estimate of drug-likeness (QED) is 0.427. The number of carbonyl (C=O) groups is 1. The second kappa shape index (κ2) is 10.6. The summed E-state index contributed by atoms with van der Waals surface area (Å²) in [6.45, 7) is 10.5. The summed E-state index contributed by atoms with van der Waals surface area (Å²) in [6.07, 6.45) is 15.9. The van der Waals surface area contributed by atoms with Gasteiger partial charge in [0.25, 0.3) is 0 Å². The summed E-state index contributed by atoms with van der Waals surface area (Å²) in [4.78, 5) is 12.6. The molecular formula is C25H38O4. The molecule has 0 radical (unpaired) electrons. The van der Waals surface area contributed by atoms with Crippen LogP contribution in [0.4, 0.5) is 0 Å². The smallest absolute Gasteiger partial charge is 0.309 e. The summed E-state index contributed by atoms with van der Waals surface area (Å²) in [7, 11) is 0. The number of cyclic esters (lactones) is 1. The lowest BCUT2D eigenvalue weighted by atomic mass is 9.90. The summed E-state index contributed by atoms with van der Waals surface area (Å²) in [6, 6.07) is 0. The first-order chi connectivity index (χ1) is 13.9. The van der Waals surface area contributed by atoms with Crippen molar-refractivity contribution < 1.29 is 19.0 Å². The Balaban J connectivity index is 1.78. The van der Waals surface area contributed by atoms with Crippen molar-refractivity contribution in [3.63, 3.8) is 0 Å². The van der Waals surface area contributed by atoms with Gasteiger partial charge < -0.3 is 14.2 Å². The number of allylic oxidation sites excluding steroid dienone is 2. The van der Waals surface area contributed by atoms with E-state index in [2.05, 4.69) is 32.6 Å². The summed E-state index contributed by atoms with van der Waals surface area (Å²) in [5.41, 5.74) is 1.17. The zero-order valence-electron chi connectivity index (χ0n) is 18.3. The van der Waals surface area contributed by atoms with Crippen LogP contribution in [0.15, 0.2) is 36.5 Å². The third-order valence-electron chi connectivity index (χ3n) is 6.32. The highest BCUT2D eigenvalue weighted by molar-refractivity contribution is 5.70. The fourth-order valence-electron chi connectivity index (χ4n) is 4.84. The van der Waals surface area contributed by atoms with Gasteiger partial charge in [0.05, 0.1) is 30.8 Å². The van der Waals surface area contributed by atoms with Gasteiger partial charge in [-0.2, -0.15) is 0 Å². The molecule has 3 heterocycles. The fourth-order valence-corrected chi connectivity index (χ4v) is 4.84. The number of fused-ring (bicyclic) bond motifs is 4. The van der Waals surface area contributed by atoms with E-state index < -0.39 is 0 Å². The minimum atomic E-state index is -0.248. The Hall–Kier alpha value is -1.39. The molecule has 3 aliphatic heterocycles. The average Bonchev–Trinajstić information content (AvgIpc) is 2.65. The molecule has 4 bridgehead atoms. The van der Waals surface area contributed by atoms with E-state index in [1.807, 2.05) is 19.1 Å². The van der Waals surface area contributed by atoms with Crippen molar-refractivity contribution in [2.45, 2.75) is 103 Å². The predicted molar refractivity (Wildman–Crippen MR) is 116 cm³/mol. The Morgan fingerprint density at radius 3 is 2.41 bits per heavy atom. The van der Waals surface area contributed by atoms with Gasteiger partial charge >= 0.3 is 5.97 Å². The lowest BCUT2D eigenvalue weighted by Crippen LogP contribution is -2.37. The molecule has 0 aromatic carbocycles. The van der Waals surface area contributed by atoms with E-state index in [1.54, 1.807) is 0 Å². The van der Waals surface area contributed by atoms with Gasteiger partial charge in [-0.15, -0.1) is 0 Å². The number of carbonyl (C=O) groups excluding carboxylic acids is 1.